The standard InChI is InChI=1S/C16H16O4S2/c1-2-12-3-7-14(8-4-12)22(19,20)15-9-5-13(6-10-15)21-11-16(17)18/h3-10H,2,11H2,1H3,(H,17,18). The van der Waals surface area contributed by atoms with Gasteiger partial charge in [0, 0.05) is 4.90 Å². The maximum absolute atomic E-state index is 12.5. The summed E-state index contributed by atoms with van der Waals surface area (Å²) in [5, 5.41) is 8.63. The van der Waals surface area contributed by atoms with Gasteiger partial charge in [-0.15, -0.1) is 11.8 Å². The van der Waals surface area contributed by atoms with Crippen molar-refractivity contribution in [2.24, 2.45) is 0 Å². The molecule has 6 heteroatoms. The van der Waals surface area contributed by atoms with Crippen molar-refractivity contribution < 1.29 is 18.3 Å². The molecule has 1 N–H and O–H groups in total. The van der Waals surface area contributed by atoms with Crippen LogP contribution in [0.15, 0.2) is 63.2 Å². The molecule has 0 aliphatic carbocycles. The normalized spacial score (nSPS) is 11.3. The molecule has 0 saturated heterocycles. The Labute approximate surface area is 134 Å². The van der Waals surface area contributed by atoms with E-state index in [-0.39, 0.29) is 15.5 Å². The zero-order chi connectivity index (χ0) is 16.2. The second kappa shape index (κ2) is 6.98. The molecule has 0 aliphatic rings. The highest BCUT2D eigenvalue weighted by Crippen LogP contribution is 2.24. The lowest BCUT2D eigenvalue weighted by molar-refractivity contribution is -0.133. The molecule has 0 heterocycles. The Morgan fingerprint density at radius 1 is 1.00 bits per heavy atom. The van der Waals surface area contributed by atoms with Crippen LogP contribution in [0.25, 0.3) is 0 Å². The smallest absolute Gasteiger partial charge is 0.313 e. The van der Waals surface area contributed by atoms with Gasteiger partial charge in [0.25, 0.3) is 0 Å². The Bertz CT molecular complexity index is 748. The van der Waals surface area contributed by atoms with E-state index in [1.165, 1.54) is 12.1 Å². The number of aryl methyl sites for hydroxylation is 1. The Kier molecular flexibility index (Phi) is 5.26. The van der Waals surface area contributed by atoms with Gasteiger partial charge in [-0.2, -0.15) is 0 Å². The number of benzene rings is 2. The van der Waals surface area contributed by atoms with Crippen LogP contribution in [0.2, 0.25) is 0 Å². The van der Waals surface area contributed by atoms with Crippen LogP contribution in [0, 0.1) is 0 Å². The largest absolute Gasteiger partial charge is 0.481 e. The first-order valence-corrected chi connectivity index (χ1v) is 9.19. The van der Waals surface area contributed by atoms with E-state index in [1.54, 1.807) is 24.3 Å². The van der Waals surface area contributed by atoms with Gasteiger partial charge in [0.2, 0.25) is 9.84 Å². The fraction of sp³-hybridized carbons (Fsp3) is 0.188. The third-order valence-electron chi connectivity index (χ3n) is 3.14. The maximum Gasteiger partial charge on any atom is 0.313 e. The molecule has 2 rings (SSSR count). The van der Waals surface area contributed by atoms with E-state index >= 15 is 0 Å². The zero-order valence-electron chi connectivity index (χ0n) is 12.0. The monoisotopic (exact) mass is 336 g/mol. The van der Waals surface area contributed by atoms with Crippen LogP contribution in [-0.4, -0.2) is 25.2 Å². The van der Waals surface area contributed by atoms with Gasteiger partial charge < -0.3 is 5.11 Å². The summed E-state index contributed by atoms with van der Waals surface area (Å²) in [5.74, 6) is -0.956. The molecule has 0 saturated carbocycles. The van der Waals surface area contributed by atoms with E-state index in [0.29, 0.717) is 0 Å². The summed E-state index contributed by atoms with van der Waals surface area (Å²) in [5.41, 5.74) is 1.08. The second-order valence-electron chi connectivity index (χ2n) is 4.65. The number of sulfone groups is 1. The molecule has 0 unspecified atom stereocenters. The van der Waals surface area contributed by atoms with E-state index in [4.69, 9.17) is 5.11 Å². The third kappa shape index (κ3) is 3.90. The average molecular weight is 336 g/mol. The van der Waals surface area contributed by atoms with Crippen LogP contribution in [0.5, 0.6) is 0 Å². The highest BCUT2D eigenvalue weighted by Gasteiger charge is 2.17. The summed E-state index contributed by atoms with van der Waals surface area (Å²) in [6.07, 6.45) is 0.857. The Hall–Kier alpha value is -1.79. The summed E-state index contributed by atoms with van der Waals surface area (Å²) in [7, 11) is -3.54. The predicted octanol–water partition coefficient (Wildman–Crippen LogP) is 3.26. The summed E-state index contributed by atoms with van der Waals surface area (Å²) >= 11 is 1.15. The summed E-state index contributed by atoms with van der Waals surface area (Å²) in [4.78, 5) is 11.7. The van der Waals surface area contributed by atoms with Crippen molar-refractivity contribution in [3.05, 3.63) is 54.1 Å². The SMILES string of the molecule is CCc1ccc(S(=O)(=O)c2ccc(SCC(=O)O)cc2)cc1. The molecule has 0 spiro atoms. The van der Waals surface area contributed by atoms with Crippen LogP contribution in [0.1, 0.15) is 12.5 Å². The lowest BCUT2D eigenvalue weighted by Gasteiger charge is -2.06. The van der Waals surface area contributed by atoms with Crippen LogP contribution < -0.4 is 0 Å². The molecule has 0 aliphatic heterocycles. The van der Waals surface area contributed by atoms with Gasteiger partial charge in [0.1, 0.15) is 0 Å². The Morgan fingerprint density at radius 3 is 1.95 bits per heavy atom. The number of aliphatic carboxylic acids is 1. The van der Waals surface area contributed by atoms with Crippen LogP contribution in [0.3, 0.4) is 0 Å². The zero-order valence-corrected chi connectivity index (χ0v) is 13.7. The van der Waals surface area contributed by atoms with Crippen molar-refractivity contribution in [3.63, 3.8) is 0 Å². The average Bonchev–Trinajstić information content (AvgIpc) is 2.53. The third-order valence-corrected chi connectivity index (χ3v) is 5.92. The second-order valence-corrected chi connectivity index (χ2v) is 7.65. The first-order valence-electron chi connectivity index (χ1n) is 6.72. The van der Waals surface area contributed by atoms with Gasteiger partial charge in [0.15, 0.2) is 0 Å². The molecule has 0 radical (unpaired) electrons. The maximum atomic E-state index is 12.5. The quantitative estimate of drug-likeness (QED) is 0.820. The molecule has 0 amide bonds. The first-order chi connectivity index (χ1) is 10.4. The highest BCUT2D eigenvalue weighted by atomic mass is 32.2. The Balaban J connectivity index is 2.23. The number of rotatable bonds is 6. The number of thioether (sulfide) groups is 1. The lowest BCUT2D eigenvalue weighted by atomic mass is 10.2. The molecular formula is C16H16O4S2. The minimum absolute atomic E-state index is 0.0510. The molecule has 22 heavy (non-hydrogen) atoms. The number of hydrogen-bond acceptors (Lipinski definition) is 4. The minimum atomic E-state index is -3.54. The summed E-state index contributed by atoms with van der Waals surface area (Å²) < 4.78 is 25.0. The first kappa shape index (κ1) is 16.6. The molecule has 4 nitrogen and oxygen atoms in total. The van der Waals surface area contributed by atoms with E-state index in [1.807, 2.05) is 19.1 Å². The van der Waals surface area contributed by atoms with Crippen molar-refractivity contribution >= 4 is 27.6 Å². The molecule has 0 fully saturated rings. The van der Waals surface area contributed by atoms with Gasteiger partial charge in [-0.25, -0.2) is 8.42 Å². The van der Waals surface area contributed by atoms with Crippen molar-refractivity contribution in [2.45, 2.75) is 28.0 Å². The van der Waals surface area contributed by atoms with Gasteiger partial charge in [-0.05, 0) is 48.4 Å². The highest BCUT2D eigenvalue weighted by molar-refractivity contribution is 8.00. The number of hydrogen-bond donors (Lipinski definition) is 1. The number of carbonyl (C=O) groups is 1. The van der Waals surface area contributed by atoms with E-state index in [2.05, 4.69) is 0 Å². The molecule has 0 aromatic heterocycles. The van der Waals surface area contributed by atoms with Crippen molar-refractivity contribution in [1.82, 2.24) is 0 Å². The fourth-order valence-electron chi connectivity index (χ4n) is 1.90. The van der Waals surface area contributed by atoms with Crippen molar-refractivity contribution in [2.75, 3.05) is 5.75 Å². The van der Waals surface area contributed by atoms with Crippen molar-refractivity contribution in [3.8, 4) is 0 Å². The molecule has 2 aromatic carbocycles. The topological polar surface area (TPSA) is 71.4 Å². The van der Waals surface area contributed by atoms with E-state index < -0.39 is 15.8 Å². The lowest BCUT2D eigenvalue weighted by Crippen LogP contribution is -2.02. The summed E-state index contributed by atoms with van der Waals surface area (Å²) in [6.45, 7) is 2.01. The van der Waals surface area contributed by atoms with Crippen LogP contribution in [-0.2, 0) is 21.1 Å². The number of carboxylic acids is 1. The van der Waals surface area contributed by atoms with Crippen LogP contribution >= 0.6 is 11.8 Å². The minimum Gasteiger partial charge on any atom is -0.481 e. The molecular weight excluding hydrogens is 320 g/mol. The molecule has 2 aromatic rings. The molecule has 0 atom stereocenters. The van der Waals surface area contributed by atoms with Crippen molar-refractivity contribution in [1.29, 1.82) is 0 Å². The molecule has 116 valence electrons. The Morgan fingerprint density at radius 2 is 1.50 bits per heavy atom. The van der Waals surface area contributed by atoms with E-state index in [9.17, 15) is 13.2 Å². The van der Waals surface area contributed by atoms with Gasteiger partial charge in [-0.3, -0.25) is 4.79 Å². The van der Waals surface area contributed by atoms with E-state index in [0.717, 1.165) is 28.6 Å². The fourth-order valence-corrected chi connectivity index (χ4v) is 3.78. The number of carboxylic acid groups (broad SMARTS) is 1. The molecule has 0 bridgehead atoms. The predicted molar refractivity (Wildman–Crippen MR) is 86.1 cm³/mol. The van der Waals surface area contributed by atoms with Gasteiger partial charge in [0.05, 0.1) is 15.5 Å². The summed E-state index contributed by atoms with van der Waals surface area (Å²) in [6, 6.07) is 13.1. The van der Waals surface area contributed by atoms with Crippen LogP contribution in [0.4, 0.5) is 0 Å². The van der Waals surface area contributed by atoms with Gasteiger partial charge >= 0.3 is 5.97 Å². The van der Waals surface area contributed by atoms with Gasteiger partial charge in [-0.1, -0.05) is 19.1 Å².